The van der Waals surface area contributed by atoms with Crippen LogP contribution in [0.5, 0.6) is 5.75 Å². The number of carbonyl (C=O) groups excluding carboxylic acids is 2. The molecule has 0 saturated heterocycles. The monoisotopic (exact) mass is 419 g/mol. The van der Waals surface area contributed by atoms with Crippen molar-refractivity contribution in [3.05, 3.63) is 29.3 Å². The van der Waals surface area contributed by atoms with E-state index < -0.39 is 41.4 Å². The summed E-state index contributed by atoms with van der Waals surface area (Å²) in [5.41, 5.74) is -1.56. The molecule has 1 amide bonds. The number of nitrogens with one attached hydrogen (secondary N) is 1. The average Bonchev–Trinajstić information content (AvgIpc) is 2.58. The van der Waals surface area contributed by atoms with Crippen molar-refractivity contribution >= 4 is 12.1 Å². The summed E-state index contributed by atoms with van der Waals surface area (Å²) in [6.07, 6.45) is -5.23. The fourth-order valence-corrected chi connectivity index (χ4v) is 2.50. The highest BCUT2D eigenvalue weighted by Crippen LogP contribution is 2.40. The number of benzene rings is 1. The molecule has 0 bridgehead atoms. The quantitative estimate of drug-likeness (QED) is 0.639. The van der Waals surface area contributed by atoms with Crippen LogP contribution < -0.4 is 10.1 Å². The molecule has 29 heavy (non-hydrogen) atoms. The Morgan fingerprint density at radius 2 is 1.76 bits per heavy atom. The van der Waals surface area contributed by atoms with E-state index in [0.29, 0.717) is 0 Å². The van der Waals surface area contributed by atoms with Crippen LogP contribution in [0.25, 0.3) is 0 Å². The maximum atomic E-state index is 13.5. The van der Waals surface area contributed by atoms with Gasteiger partial charge in [-0.3, -0.25) is 4.79 Å². The van der Waals surface area contributed by atoms with Crippen molar-refractivity contribution in [1.82, 2.24) is 5.32 Å². The standard InChI is InChI=1S/C20H28F3NO5/c1-12(17(25)27-6)10-11-28-16-14(8-7-9-15(16)20(21,22)23)13(2)24-18(26)29-19(3,4)5/h7-9,12-13H,10-11H2,1-6H3,(H,24,26)/t12?,13-/m1/s1. The van der Waals surface area contributed by atoms with E-state index in [9.17, 15) is 22.8 Å². The lowest BCUT2D eigenvalue weighted by Crippen LogP contribution is -2.34. The first-order valence-corrected chi connectivity index (χ1v) is 9.16. The predicted molar refractivity (Wildman–Crippen MR) is 101 cm³/mol. The minimum atomic E-state index is -4.65. The van der Waals surface area contributed by atoms with Crippen molar-refractivity contribution in [2.24, 2.45) is 5.92 Å². The molecule has 0 fully saturated rings. The first-order valence-electron chi connectivity index (χ1n) is 9.16. The van der Waals surface area contributed by atoms with E-state index in [4.69, 9.17) is 9.47 Å². The Labute approximate surface area is 168 Å². The Hall–Kier alpha value is -2.45. The van der Waals surface area contributed by atoms with E-state index in [1.54, 1.807) is 27.7 Å². The molecule has 1 N–H and O–H groups in total. The van der Waals surface area contributed by atoms with Crippen LogP contribution in [0.15, 0.2) is 18.2 Å². The van der Waals surface area contributed by atoms with Gasteiger partial charge in [-0.25, -0.2) is 4.79 Å². The third kappa shape index (κ3) is 7.83. The summed E-state index contributed by atoms with van der Waals surface area (Å²) in [5.74, 6) is -1.39. The number of alkyl carbamates (subject to hydrolysis) is 1. The number of rotatable bonds is 7. The molecule has 1 aromatic carbocycles. The van der Waals surface area contributed by atoms with Crippen LogP contribution >= 0.6 is 0 Å². The lowest BCUT2D eigenvalue weighted by molar-refractivity contribution is -0.145. The molecule has 2 atom stereocenters. The van der Waals surface area contributed by atoms with Crippen LogP contribution in [0.4, 0.5) is 18.0 Å². The molecule has 0 aliphatic carbocycles. The molecule has 6 nitrogen and oxygen atoms in total. The summed E-state index contributed by atoms with van der Waals surface area (Å²) >= 11 is 0. The van der Waals surface area contributed by atoms with Crippen LogP contribution in [0, 0.1) is 5.92 Å². The normalized spacial score (nSPS) is 14.0. The number of hydrogen-bond donors (Lipinski definition) is 1. The molecule has 0 aliphatic heterocycles. The molecular formula is C20H28F3NO5. The van der Waals surface area contributed by atoms with Gasteiger partial charge in [-0.2, -0.15) is 13.2 Å². The molecule has 164 valence electrons. The van der Waals surface area contributed by atoms with Gasteiger partial charge in [0.2, 0.25) is 0 Å². The number of halogens is 3. The van der Waals surface area contributed by atoms with Crippen molar-refractivity contribution < 1.29 is 37.0 Å². The molecule has 0 spiro atoms. The van der Waals surface area contributed by atoms with Gasteiger partial charge in [0.15, 0.2) is 0 Å². The zero-order valence-corrected chi connectivity index (χ0v) is 17.5. The third-order valence-electron chi connectivity index (χ3n) is 3.95. The minimum absolute atomic E-state index is 0.129. The number of methoxy groups -OCH3 is 1. The summed E-state index contributed by atoms with van der Waals surface area (Å²) in [5, 5.41) is 2.52. The second kappa shape index (κ2) is 9.84. The third-order valence-corrected chi connectivity index (χ3v) is 3.95. The van der Waals surface area contributed by atoms with Gasteiger partial charge in [-0.05, 0) is 40.2 Å². The van der Waals surface area contributed by atoms with Crippen LogP contribution in [0.1, 0.15) is 58.2 Å². The molecule has 9 heteroatoms. The fraction of sp³-hybridized carbons (Fsp3) is 0.600. The lowest BCUT2D eigenvalue weighted by Gasteiger charge is -2.24. The van der Waals surface area contributed by atoms with E-state index in [-0.39, 0.29) is 24.3 Å². The van der Waals surface area contributed by atoms with Crippen molar-refractivity contribution in [3.63, 3.8) is 0 Å². The fourth-order valence-electron chi connectivity index (χ4n) is 2.50. The lowest BCUT2D eigenvalue weighted by atomic mass is 10.0. The van der Waals surface area contributed by atoms with Crippen LogP contribution in [-0.2, 0) is 20.4 Å². The van der Waals surface area contributed by atoms with E-state index in [2.05, 4.69) is 10.1 Å². The van der Waals surface area contributed by atoms with E-state index in [1.807, 2.05) is 0 Å². The zero-order chi connectivity index (χ0) is 22.4. The molecule has 1 rings (SSSR count). The highest BCUT2D eigenvalue weighted by molar-refractivity contribution is 5.71. The molecule has 0 aliphatic rings. The maximum Gasteiger partial charge on any atom is 0.419 e. The zero-order valence-electron chi connectivity index (χ0n) is 17.5. The highest BCUT2D eigenvalue weighted by atomic mass is 19.4. The Kier molecular flexibility index (Phi) is 8.35. The topological polar surface area (TPSA) is 73.9 Å². The van der Waals surface area contributed by atoms with Crippen molar-refractivity contribution in [2.75, 3.05) is 13.7 Å². The molecule has 1 unspecified atom stereocenters. The van der Waals surface area contributed by atoms with E-state index in [0.717, 1.165) is 6.07 Å². The van der Waals surface area contributed by atoms with Gasteiger partial charge in [0, 0.05) is 5.56 Å². The second-order valence-corrected chi connectivity index (χ2v) is 7.65. The van der Waals surface area contributed by atoms with Gasteiger partial charge in [-0.15, -0.1) is 0 Å². The SMILES string of the molecule is COC(=O)C(C)CCOc1c([C@@H](C)NC(=O)OC(C)(C)C)cccc1C(F)(F)F. The first-order chi connectivity index (χ1) is 13.3. The van der Waals surface area contributed by atoms with Gasteiger partial charge < -0.3 is 19.5 Å². The molecule has 0 radical (unpaired) electrons. The van der Waals surface area contributed by atoms with Crippen LogP contribution in [0.2, 0.25) is 0 Å². The maximum absolute atomic E-state index is 13.5. The van der Waals surface area contributed by atoms with Gasteiger partial charge in [0.1, 0.15) is 11.4 Å². The average molecular weight is 419 g/mol. The Balaban J connectivity index is 3.07. The van der Waals surface area contributed by atoms with Crippen molar-refractivity contribution in [2.45, 2.75) is 58.9 Å². The van der Waals surface area contributed by atoms with Crippen molar-refractivity contribution in [1.29, 1.82) is 0 Å². The minimum Gasteiger partial charge on any atom is -0.493 e. The molecule has 0 saturated carbocycles. The number of para-hydroxylation sites is 1. The number of hydrogen-bond acceptors (Lipinski definition) is 5. The molecular weight excluding hydrogens is 391 g/mol. The largest absolute Gasteiger partial charge is 0.493 e. The summed E-state index contributed by atoms with van der Waals surface area (Å²) < 4.78 is 55.6. The molecule has 0 heterocycles. The highest BCUT2D eigenvalue weighted by Gasteiger charge is 2.36. The van der Waals surface area contributed by atoms with Crippen LogP contribution in [0.3, 0.4) is 0 Å². The van der Waals surface area contributed by atoms with Gasteiger partial charge in [-0.1, -0.05) is 19.1 Å². The van der Waals surface area contributed by atoms with Gasteiger partial charge >= 0.3 is 18.2 Å². The Morgan fingerprint density at radius 1 is 1.14 bits per heavy atom. The van der Waals surface area contributed by atoms with Crippen molar-refractivity contribution in [3.8, 4) is 5.75 Å². The van der Waals surface area contributed by atoms with Gasteiger partial charge in [0.25, 0.3) is 0 Å². The van der Waals surface area contributed by atoms with E-state index >= 15 is 0 Å². The smallest absolute Gasteiger partial charge is 0.419 e. The first kappa shape index (κ1) is 24.6. The van der Waals surface area contributed by atoms with Gasteiger partial charge in [0.05, 0.1) is 31.2 Å². The predicted octanol–water partition coefficient (Wildman–Crippen LogP) is 4.87. The number of carbonyl (C=O) groups is 2. The Morgan fingerprint density at radius 3 is 2.28 bits per heavy atom. The summed E-state index contributed by atoms with van der Waals surface area (Å²) in [4.78, 5) is 23.5. The summed E-state index contributed by atoms with van der Waals surface area (Å²) in [6, 6.07) is 2.79. The van der Waals surface area contributed by atoms with Crippen LogP contribution in [-0.4, -0.2) is 31.4 Å². The summed E-state index contributed by atoms with van der Waals surface area (Å²) in [7, 11) is 1.24. The number of esters is 1. The number of alkyl halides is 3. The molecule has 1 aromatic rings. The molecule has 0 aromatic heterocycles. The number of ether oxygens (including phenoxy) is 3. The van der Waals surface area contributed by atoms with E-state index in [1.165, 1.54) is 26.2 Å². The summed E-state index contributed by atoms with van der Waals surface area (Å²) in [6.45, 7) is 8.03. The Bertz CT molecular complexity index is 713. The number of amides is 1. The second-order valence-electron chi connectivity index (χ2n) is 7.65.